The average molecular weight is 609 g/mol. The Kier molecular flexibility index (Phi) is 9.37. The van der Waals surface area contributed by atoms with E-state index in [-0.39, 0.29) is 25.6 Å². The number of hydrogen-bond acceptors (Lipinski definition) is 6. The molecule has 0 aromatic heterocycles. The van der Waals surface area contributed by atoms with Crippen LogP contribution in [0.4, 0.5) is 0 Å². The van der Waals surface area contributed by atoms with Gasteiger partial charge in [-0.2, -0.15) is 0 Å². The van der Waals surface area contributed by atoms with E-state index in [9.17, 15) is 9.59 Å². The minimum atomic E-state index is -2.41. The maximum atomic E-state index is 14.7. The molecule has 7 heteroatoms. The summed E-state index contributed by atoms with van der Waals surface area (Å²) in [7, 11) is -0.784. The Balaban J connectivity index is 1.67. The molecule has 0 bridgehead atoms. The van der Waals surface area contributed by atoms with Crippen molar-refractivity contribution < 1.29 is 28.2 Å². The van der Waals surface area contributed by atoms with Crippen molar-refractivity contribution in [3.63, 3.8) is 0 Å². The van der Waals surface area contributed by atoms with Crippen LogP contribution in [0.2, 0.25) is 19.6 Å². The lowest BCUT2D eigenvalue weighted by atomic mass is 9.70. The van der Waals surface area contributed by atoms with Gasteiger partial charge in [0.1, 0.15) is 24.6 Å². The summed E-state index contributed by atoms with van der Waals surface area (Å²) in [5, 5.41) is 0. The van der Waals surface area contributed by atoms with E-state index in [1.807, 2.05) is 115 Å². The number of rotatable bonds is 11. The summed E-state index contributed by atoms with van der Waals surface area (Å²) in [6, 6.07) is 36.4. The molecule has 228 valence electrons. The molecule has 0 saturated heterocycles. The zero-order valence-corrected chi connectivity index (χ0v) is 26.8. The molecule has 5 rings (SSSR count). The highest BCUT2D eigenvalue weighted by atomic mass is 28.4. The highest BCUT2D eigenvalue weighted by Gasteiger charge is 2.71. The fourth-order valence-corrected chi connectivity index (χ4v) is 7.71. The first-order chi connectivity index (χ1) is 21.2. The van der Waals surface area contributed by atoms with Gasteiger partial charge in [0.25, 0.3) is 0 Å². The number of ether oxygens (including phenoxy) is 3. The predicted molar refractivity (Wildman–Crippen MR) is 172 cm³/mol. The molecule has 2 unspecified atom stereocenters. The quantitative estimate of drug-likeness (QED) is 0.0983. The van der Waals surface area contributed by atoms with Crippen LogP contribution >= 0.6 is 0 Å². The summed E-state index contributed by atoms with van der Waals surface area (Å²) in [6.45, 7) is 6.28. The van der Waals surface area contributed by atoms with Gasteiger partial charge in [-0.25, -0.2) is 0 Å². The van der Waals surface area contributed by atoms with E-state index in [0.29, 0.717) is 6.42 Å². The molecule has 4 aromatic rings. The molecule has 4 aromatic carbocycles. The maximum Gasteiger partial charge on any atom is 0.327 e. The van der Waals surface area contributed by atoms with Crippen LogP contribution in [-0.4, -0.2) is 27.4 Å². The first-order valence-corrected chi connectivity index (χ1v) is 18.4. The van der Waals surface area contributed by atoms with Gasteiger partial charge in [-0.1, -0.05) is 103 Å². The number of methoxy groups -OCH3 is 1. The number of benzene rings is 4. The van der Waals surface area contributed by atoms with E-state index in [1.165, 1.54) is 0 Å². The van der Waals surface area contributed by atoms with Gasteiger partial charge < -0.3 is 18.6 Å². The third kappa shape index (κ3) is 6.49. The standard InChI is InChI=1S/C37H40O6Si/c1-40-33-22-20-30(21-23-33)31-24-36(34(38)41-26-28-14-8-5-9-15-28,35(39)42-27-29-16-10-6-11-17-29)37(25-31,43-44(2,3)4)32-18-12-7-13-19-32/h5-23,31H,24-27H2,1-4H3. The number of esters is 2. The Bertz CT molecular complexity index is 1480. The van der Waals surface area contributed by atoms with Crippen molar-refractivity contribution in [3.8, 4) is 5.75 Å². The molecule has 1 fully saturated rings. The summed E-state index contributed by atoms with van der Waals surface area (Å²) >= 11 is 0. The lowest BCUT2D eigenvalue weighted by molar-refractivity contribution is -0.191. The van der Waals surface area contributed by atoms with E-state index in [2.05, 4.69) is 19.6 Å². The van der Waals surface area contributed by atoms with Crippen molar-refractivity contribution in [2.24, 2.45) is 5.41 Å². The smallest absolute Gasteiger partial charge is 0.327 e. The Morgan fingerprint density at radius 1 is 0.682 bits per heavy atom. The second kappa shape index (κ2) is 13.2. The summed E-state index contributed by atoms with van der Waals surface area (Å²) in [6.07, 6.45) is 0.564. The van der Waals surface area contributed by atoms with Crippen LogP contribution in [0.25, 0.3) is 0 Å². The highest BCUT2D eigenvalue weighted by Crippen LogP contribution is 2.62. The molecule has 1 aliphatic rings. The van der Waals surface area contributed by atoms with Gasteiger partial charge in [0, 0.05) is 0 Å². The van der Waals surface area contributed by atoms with E-state index in [0.717, 1.165) is 28.0 Å². The highest BCUT2D eigenvalue weighted by molar-refractivity contribution is 6.69. The molecule has 0 N–H and O–H groups in total. The fraction of sp³-hybridized carbons (Fsp3) is 0.297. The fourth-order valence-electron chi connectivity index (χ4n) is 6.29. The zero-order chi connectivity index (χ0) is 31.2. The number of carbonyl (C=O) groups is 2. The first-order valence-electron chi connectivity index (χ1n) is 15.0. The van der Waals surface area contributed by atoms with Gasteiger partial charge in [-0.15, -0.1) is 0 Å². The Morgan fingerprint density at radius 3 is 1.61 bits per heavy atom. The van der Waals surface area contributed by atoms with Gasteiger partial charge in [0.2, 0.25) is 0 Å². The zero-order valence-electron chi connectivity index (χ0n) is 25.8. The first kappa shape index (κ1) is 31.2. The summed E-state index contributed by atoms with van der Waals surface area (Å²) in [5.41, 5.74) is 0.295. The van der Waals surface area contributed by atoms with Gasteiger partial charge >= 0.3 is 11.9 Å². The number of hydrogen-bond donors (Lipinski definition) is 0. The van der Waals surface area contributed by atoms with Crippen molar-refractivity contribution in [1.29, 1.82) is 0 Å². The summed E-state index contributed by atoms with van der Waals surface area (Å²) in [5.74, 6) is -0.753. The van der Waals surface area contributed by atoms with Gasteiger partial charge in [-0.05, 0) is 72.8 Å². The van der Waals surface area contributed by atoms with Crippen LogP contribution in [-0.2, 0) is 42.3 Å². The molecule has 0 aliphatic heterocycles. The van der Waals surface area contributed by atoms with Crippen LogP contribution < -0.4 is 4.74 Å². The molecule has 1 saturated carbocycles. The third-order valence-electron chi connectivity index (χ3n) is 8.21. The molecule has 0 heterocycles. The monoisotopic (exact) mass is 608 g/mol. The van der Waals surface area contributed by atoms with E-state index in [1.54, 1.807) is 7.11 Å². The van der Waals surface area contributed by atoms with Crippen molar-refractivity contribution >= 4 is 20.3 Å². The molecular weight excluding hydrogens is 568 g/mol. The third-order valence-corrected chi connectivity index (χ3v) is 9.17. The Labute approximate surface area is 261 Å². The Hall–Kier alpha value is -4.20. The topological polar surface area (TPSA) is 71.1 Å². The van der Waals surface area contributed by atoms with Gasteiger partial charge in [0.05, 0.1) is 7.11 Å². The molecule has 0 amide bonds. The predicted octanol–water partition coefficient (Wildman–Crippen LogP) is 7.79. The van der Waals surface area contributed by atoms with E-state index >= 15 is 0 Å². The second-order valence-corrected chi connectivity index (χ2v) is 16.7. The van der Waals surface area contributed by atoms with Crippen LogP contribution in [0.5, 0.6) is 5.75 Å². The van der Waals surface area contributed by atoms with E-state index < -0.39 is 31.3 Å². The van der Waals surface area contributed by atoms with Gasteiger partial charge in [-0.3, -0.25) is 9.59 Å². The van der Waals surface area contributed by atoms with Crippen LogP contribution in [0.15, 0.2) is 115 Å². The molecule has 6 nitrogen and oxygen atoms in total. The average Bonchev–Trinajstić information content (AvgIpc) is 3.39. The van der Waals surface area contributed by atoms with Crippen LogP contribution in [0.3, 0.4) is 0 Å². The van der Waals surface area contributed by atoms with E-state index in [4.69, 9.17) is 18.6 Å². The maximum absolute atomic E-state index is 14.7. The normalized spacial score (nSPS) is 19.2. The summed E-state index contributed by atoms with van der Waals surface area (Å²) < 4.78 is 24.7. The largest absolute Gasteiger partial charge is 0.497 e. The molecule has 0 radical (unpaired) electrons. The molecule has 1 aliphatic carbocycles. The number of carbonyl (C=O) groups excluding carboxylic acids is 2. The lowest BCUT2D eigenvalue weighted by Crippen LogP contribution is -2.58. The molecule has 44 heavy (non-hydrogen) atoms. The van der Waals surface area contributed by atoms with Crippen molar-refractivity contribution in [1.82, 2.24) is 0 Å². The molecule has 0 spiro atoms. The Morgan fingerprint density at radius 2 is 1.16 bits per heavy atom. The van der Waals surface area contributed by atoms with Crippen molar-refractivity contribution in [3.05, 3.63) is 138 Å². The lowest BCUT2D eigenvalue weighted by Gasteiger charge is -2.46. The summed E-state index contributed by atoms with van der Waals surface area (Å²) in [4.78, 5) is 29.5. The SMILES string of the molecule is COc1ccc(C2CC(C(=O)OCc3ccccc3)(C(=O)OCc3ccccc3)C(O[Si](C)(C)C)(c3ccccc3)C2)cc1. The minimum Gasteiger partial charge on any atom is -0.497 e. The minimum absolute atomic E-state index is 0.0262. The second-order valence-electron chi connectivity index (χ2n) is 12.3. The molecule has 2 atom stereocenters. The van der Waals surface area contributed by atoms with Gasteiger partial charge in [0.15, 0.2) is 13.7 Å². The van der Waals surface area contributed by atoms with Crippen molar-refractivity contribution in [2.45, 2.75) is 57.2 Å². The van der Waals surface area contributed by atoms with Crippen LogP contribution in [0, 0.1) is 5.41 Å². The van der Waals surface area contributed by atoms with Crippen LogP contribution in [0.1, 0.15) is 41.0 Å². The molecular formula is C37H40O6Si. The van der Waals surface area contributed by atoms with Crippen molar-refractivity contribution in [2.75, 3.05) is 7.11 Å².